The molecule has 0 spiro atoms. The largest absolute Gasteiger partial charge is 0.296 e. The molecule has 1 heterocycles. The van der Waals surface area contributed by atoms with E-state index in [9.17, 15) is 4.57 Å². The molecule has 4 aromatic rings. The lowest BCUT2D eigenvalue weighted by atomic mass is 10.1. The Bertz CT molecular complexity index is 1210. The van der Waals surface area contributed by atoms with Crippen LogP contribution >= 0.6 is 23.2 Å². The lowest BCUT2D eigenvalue weighted by Gasteiger charge is -2.22. The molecule has 0 aliphatic carbocycles. The van der Waals surface area contributed by atoms with Crippen LogP contribution in [0.1, 0.15) is 17.2 Å². The van der Waals surface area contributed by atoms with Crippen molar-refractivity contribution in [2.75, 3.05) is 0 Å². The molecule has 0 radical (unpaired) electrons. The van der Waals surface area contributed by atoms with E-state index in [0.717, 1.165) is 20.6 Å². The molecule has 0 amide bonds. The topological polar surface area (TPSA) is 20.1 Å². The third-order valence-corrected chi connectivity index (χ3v) is 9.55. The van der Waals surface area contributed by atoms with Crippen LogP contribution in [0.15, 0.2) is 126 Å². The summed E-state index contributed by atoms with van der Waals surface area (Å²) < 4.78 is 18.2. The third-order valence-electron chi connectivity index (χ3n) is 5.86. The van der Waals surface area contributed by atoms with Gasteiger partial charge in [0.1, 0.15) is 0 Å². The first-order valence-electron chi connectivity index (χ1n) is 10.7. The second kappa shape index (κ2) is 9.03. The highest BCUT2D eigenvalue weighted by Gasteiger charge is 2.57. The molecule has 5 rings (SSSR count). The zero-order chi connectivity index (χ0) is 22.0. The van der Waals surface area contributed by atoms with Crippen molar-refractivity contribution < 1.29 is 4.57 Å². The summed E-state index contributed by atoms with van der Waals surface area (Å²) in [4.78, 5) is 0. The van der Waals surface area contributed by atoms with Crippen LogP contribution in [0.5, 0.6) is 0 Å². The van der Waals surface area contributed by atoms with Crippen LogP contribution in [-0.4, -0.2) is 10.7 Å². The van der Waals surface area contributed by atoms with E-state index in [0.29, 0.717) is 0 Å². The van der Waals surface area contributed by atoms with Gasteiger partial charge in [-0.3, -0.25) is 4.57 Å². The molecule has 1 aliphatic heterocycles. The van der Waals surface area contributed by atoms with Crippen molar-refractivity contribution >= 4 is 39.9 Å². The monoisotopic (exact) mass is 499 g/mol. The maximum Gasteiger partial charge on any atom is 0.208 e. The molecular weight excluding hydrogens is 477 g/mol. The summed E-state index contributed by atoms with van der Waals surface area (Å²) in [7, 11) is -3.03. The van der Waals surface area contributed by atoms with Crippen LogP contribution in [0, 0.1) is 0 Å². The minimum atomic E-state index is -3.03. The number of nitrogens with zero attached hydrogens (tertiary/aromatic N) is 1. The molecule has 0 N–H and O–H groups in total. The molecular formula is C28H23BrNOP. The van der Waals surface area contributed by atoms with Crippen molar-refractivity contribution in [3.05, 3.63) is 137 Å². The van der Waals surface area contributed by atoms with E-state index in [2.05, 4.69) is 69.2 Å². The van der Waals surface area contributed by atoms with E-state index in [-0.39, 0.29) is 12.1 Å². The van der Waals surface area contributed by atoms with Gasteiger partial charge in [0.25, 0.3) is 0 Å². The van der Waals surface area contributed by atoms with Gasteiger partial charge < -0.3 is 0 Å². The molecule has 0 aromatic heterocycles. The molecule has 1 unspecified atom stereocenters. The van der Waals surface area contributed by atoms with E-state index in [1.54, 1.807) is 0 Å². The SMILES string of the molecule is O=P(c1ccccc1)(c1ccccc1)N1[C@H](/C=C/c2ccccc2)[C@H]1c1ccc(Br)cc1. The number of hydrogen-bond acceptors (Lipinski definition) is 1. The summed E-state index contributed by atoms with van der Waals surface area (Å²) in [5.74, 6) is 0. The maximum absolute atomic E-state index is 14.9. The average molecular weight is 500 g/mol. The molecule has 1 saturated heterocycles. The van der Waals surface area contributed by atoms with Crippen molar-refractivity contribution in [1.29, 1.82) is 0 Å². The van der Waals surface area contributed by atoms with Crippen LogP contribution in [0.2, 0.25) is 0 Å². The van der Waals surface area contributed by atoms with E-state index in [4.69, 9.17) is 0 Å². The Labute approximate surface area is 197 Å². The molecule has 1 aliphatic rings. The summed E-state index contributed by atoms with van der Waals surface area (Å²) >= 11 is 3.54. The van der Waals surface area contributed by atoms with Crippen molar-refractivity contribution in [3.8, 4) is 0 Å². The predicted octanol–water partition coefficient (Wildman–Crippen LogP) is 6.82. The smallest absolute Gasteiger partial charge is 0.208 e. The molecule has 4 aromatic carbocycles. The minimum absolute atomic E-state index is 0.0441. The zero-order valence-electron chi connectivity index (χ0n) is 17.5. The predicted molar refractivity (Wildman–Crippen MR) is 138 cm³/mol. The van der Waals surface area contributed by atoms with Gasteiger partial charge in [-0.15, -0.1) is 0 Å². The molecule has 1 fully saturated rings. The Morgan fingerprint density at radius 1 is 0.688 bits per heavy atom. The number of halogens is 1. The second-order valence-corrected chi connectivity index (χ2v) is 11.4. The summed E-state index contributed by atoms with van der Waals surface area (Å²) in [6.07, 6.45) is 4.33. The van der Waals surface area contributed by atoms with Gasteiger partial charge in [0, 0.05) is 15.1 Å². The summed E-state index contributed by atoms with van der Waals surface area (Å²) in [5.41, 5.74) is 2.31. The van der Waals surface area contributed by atoms with Gasteiger partial charge in [-0.05, 0) is 47.5 Å². The van der Waals surface area contributed by atoms with Gasteiger partial charge >= 0.3 is 0 Å². The van der Waals surface area contributed by atoms with Crippen LogP contribution < -0.4 is 10.6 Å². The Hall–Kier alpha value is -2.71. The van der Waals surface area contributed by atoms with Crippen molar-refractivity contribution in [2.45, 2.75) is 12.1 Å². The second-order valence-electron chi connectivity index (χ2n) is 7.88. The maximum atomic E-state index is 14.9. The van der Waals surface area contributed by atoms with Gasteiger partial charge in [-0.1, -0.05) is 107 Å². The fraction of sp³-hybridized carbons (Fsp3) is 0.0714. The van der Waals surface area contributed by atoms with Crippen molar-refractivity contribution in [1.82, 2.24) is 4.67 Å². The molecule has 32 heavy (non-hydrogen) atoms. The Morgan fingerprint density at radius 2 is 1.19 bits per heavy atom. The minimum Gasteiger partial charge on any atom is -0.296 e. The molecule has 4 heteroatoms. The highest BCUT2D eigenvalue weighted by atomic mass is 79.9. The Morgan fingerprint density at radius 3 is 1.72 bits per heavy atom. The fourth-order valence-electron chi connectivity index (χ4n) is 4.25. The van der Waals surface area contributed by atoms with Gasteiger partial charge in [0.05, 0.1) is 12.1 Å². The Kier molecular flexibility index (Phi) is 5.97. The first-order chi connectivity index (χ1) is 15.7. The van der Waals surface area contributed by atoms with E-state index in [1.807, 2.05) is 78.9 Å². The van der Waals surface area contributed by atoms with Gasteiger partial charge in [-0.25, -0.2) is 4.67 Å². The first-order valence-corrected chi connectivity index (χ1v) is 13.1. The van der Waals surface area contributed by atoms with Crippen molar-refractivity contribution in [3.63, 3.8) is 0 Å². The standard InChI is InChI=1S/C28H23BrNOP/c29-24-19-17-23(18-20-24)28-27(21-16-22-10-4-1-5-11-22)30(28)32(31,25-12-6-2-7-13-25)26-14-8-3-9-15-26/h1-21,27-28H/b21-16+/t27-,28-,30?/m1/s1. The number of hydrogen-bond donors (Lipinski definition) is 0. The van der Waals surface area contributed by atoms with Crippen molar-refractivity contribution in [2.24, 2.45) is 0 Å². The highest BCUT2D eigenvalue weighted by Crippen LogP contribution is 2.64. The van der Waals surface area contributed by atoms with E-state index < -0.39 is 7.29 Å². The van der Waals surface area contributed by atoms with Gasteiger partial charge in [-0.2, -0.15) is 0 Å². The molecule has 0 bridgehead atoms. The number of benzene rings is 4. The Balaban J connectivity index is 1.61. The summed E-state index contributed by atoms with van der Waals surface area (Å²) in [6, 6.07) is 38.5. The average Bonchev–Trinajstić information content (AvgIpc) is 3.59. The van der Waals surface area contributed by atoms with Crippen LogP contribution in [0.3, 0.4) is 0 Å². The van der Waals surface area contributed by atoms with E-state index in [1.165, 1.54) is 5.56 Å². The summed E-state index contributed by atoms with van der Waals surface area (Å²) in [5, 5.41) is 1.73. The highest BCUT2D eigenvalue weighted by molar-refractivity contribution is 9.10. The lowest BCUT2D eigenvalue weighted by Crippen LogP contribution is -2.22. The normalized spacial score (nSPS) is 20.3. The quantitative estimate of drug-likeness (QED) is 0.214. The summed E-state index contributed by atoms with van der Waals surface area (Å²) in [6.45, 7) is 0. The van der Waals surface area contributed by atoms with E-state index >= 15 is 0 Å². The van der Waals surface area contributed by atoms with Crippen LogP contribution in [0.25, 0.3) is 6.08 Å². The van der Waals surface area contributed by atoms with Crippen LogP contribution in [-0.2, 0) is 4.57 Å². The molecule has 3 atom stereocenters. The lowest BCUT2D eigenvalue weighted by molar-refractivity contribution is 0.557. The molecule has 158 valence electrons. The zero-order valence-corrected chi connectivity index (χ0v) is 19.9. The van der Waals surface area contributed by atoms with Gasteiger partial charge in [0.15, 0.2) is 0 Å². The molecule has 2 nitrogen and oxygen atoms in total. The van der Waals surface area contributed by atoms with Gasteiger partial charge in [0.2, 0.25) is 7.29 Å². The first kappa shape index (κ1) is 21.2. The third kappa shape index (κ3) is 4.04. The molecule has 0 saturated carbocycles. The number of rotatable bonds is 6. The fourth-order valence-corrected chi connectivity index (χ4v) is 7.64. The van der Waals surface area contributed by atoms with Crippen LogP contribution in [0.4, 0.5) is 0 Å².